The molecule has 0 unspecified atom stereocenters. The molecule has 2 heterocycles. The second kappa shape index (κ2) is 8.00. The first-order valence-corrected chi connectivity index (χ1v) is 10.2. The lowest BCUT2D eigenvalue weighted by molar-refractivity contribution is -0.384. The summed E-state index contributed by atoms with van der Waals surface area (Å²) in [6, 6.07) is 14.1. The SMILES string of the molecule is Cc1ccc(-c2csc(N3CCN(C(=O)c4ccc([N+](=O)[O-])cc4)CC3)n2)cc1. The summed E-state index contributed by atoms with van der Waals surface area (Å²) < 4.78 is 0. The predicted octanol–water partition coefficient (Wildman–Crippen LogP) is 3.99. The van der Waals surface area contributed by atoms with Crippen molar-refractivity contribution in [2.45, 2.75) is 6.92 Å². The molecule has 1 fully saturated rings. The van der Waals surface area contributed by atoms with Gasteiger partial charge in [-0.1, -0.05) is 29.8 Å². The Morgan fingerprint density at radius 3 is 2.31 bits per heavy atom. The molecule has 1 aliphatic rings. The van der Waals surface area contributed by atoms with E-state index in [1.165, 1.54) is 29.8 Å². The van der Waals surface area contributed by atoms with Crippen LogP contribution >= 0.6 is 11.3 Å². The summed E-state index contributed by atoms with van der Waals surface area (Å²) in [7, 11) is 0. The number of non-ortho nitro benzene ring substituents is 1. The van der Waals surface area contributed by atoms with Crippen LogP contribution in [0, 0.1) is 17.0 Å². The molecule has 0 saturated carbocycles. The van der Waals surface area contributed by atoms with Crippen LogP contribution in [0.1, 0.15) is 15.9 Å². The van der Waals surface area contributed by atoms with E-state index in [0.29, 0.717) is 31.7 Å². The molecule has 0 bridgehead atoms. The van der Waals surface area contributed by atoms with Crippen LogP contribution in [-0.4, -0.2) is 46.9 Å². The van der Waals surface area contributed by atoms with E-state index in [-0.39, 0.29) is 11.6 Å². The molecule has 0 spiro atoms. The van der Waals surface area contributed by atoms with E-state index < -0.39 is 4.92 Å². The molecule has 1 aromatic heterocycles. The Morgan fingerprint density at radius 2 is 1.69 bits per heavy atom. The maximum Gasteiger partial charge on any atom is 0.269 e. The molecule has 2 aromatic carbocycles. The summed E-state index contributed by atoms with van der Waals surface area (Å²) in [6.07, 6.45) is 0. The highest BCUT2D eigenvalue weighted by atomic mass is 32.1. The largest absolute Gasteiger partial charge is 0.345 e. The van der Waals surface area contributed by atoms with Crippen LogP contribution in [0.3, 0.4) is 0 Å². The van der Waals surface area contributed by atoms with Gasteiger partial charge >= 0.3 is 0 Å². The van der Waals surface area contributed by atoms with Gasteiger partial charge in [-0.05, 0) is 19.1 Å². The maximum absolute atomic E-state index is 12.7. The van der Waals surface area contributed by atoms with Crippen molar-refractivity contribution in [2.24, 2.45) is 0 Å². The minimum absolute atomic E-state index is 0.0143. The lowest BCUT2D eigenvalue weighted by atomic mass is 10.1. The van der Waals surface area contributed by atoms with E-state index >= 15 is 0 Å². The van der Waals surface area contributed by atoms with E-state index in [9.17, 15) is 14.9 Å². The first-order chi connectivity index (χ1) is 14.0. The van der Waals surface area contributed by atoms with Crippen molar-refractivity contribution in [1.29, 1.82) is 0 Å². The second-order valence-corrected chi connectivity index (χ2v) is 7.80. The molecule has 29 heavy (non-hydrogen) atoms. The number of aromatic nitrogens is 1. The number of hydrogen-bond acceptors (Lipinski definition) is 6. The van der Waals surface area contributed by atoms with Crippen molar-refractivity contribution < 1.29 is 9.72 Å². The molecule has 0 aliphatic carbocycles. The fourth-order valence-electron chi connectivity index (χ4n) is 3.28. The van der Waals surface area contributed by atoms with Crippen molar-refractivity contribution in [3.63, 3.8) is 0 Å². The number of aryl methyl sites for hydroxylation is 1. The highest BCUT2D eigenvalue weighted by Crippen LogP contribution is 2.28. The van der Waals surface area contributed by atoms with Crippen LogP contribution in [0.25, 0.3) is 11.3 Å². The van der Waals surface area contributed by atoms with Crippen molar-refractivity contribution in [2.75, 3.05) is 31.1 Å². The van der Waals surface area contributed by atoms with Gasteiger partial charge < -0.3 is 9.80 Å². The number of hydrogen-bond donors (Lipinski definition) is 0. The number of carbonyl (C=O) groups excluding carboxylic acids is 1. The van der Waals surface area contributed by atoms with E-state index in [2.05, 4.69) is 41.5 Å². The number of amides is 1. The van der Waals surface area contributed by atoms with Gasteiger partial charge in [0.25, 0.3) is 11.6 Å². The molecule has 4 rings (SSSR count). The van der Waals surface area contributed by atoms with Gasteiger partial charge in [0, 0.05) is 54.8 Å². The van der Waals surface area contributed by atoms with Gasteiger partial charge in [-0.2, -0.15) is 0 Å². The van der Waals surface area contributed by atoms with Crippen molar-refractivity contribution in [1.82, 2.24) is 9.88 Å². The molecule has 8 heteroatoms. The number of benzene rings is 2. The topological polar surface area (TPSA) is 79.6 Å². The summed E-state index contributed by atoms with van der Waals surface area (Å²) in [5, 5.41) is 13.8. The van der Waals surface area contributed by atoms with Crippen LogP contribution in [0.4, 0.5) is 10.8 Å². The van der Waals surface area contributed by atoms with Crippen LogP contribution in [0.15, 0.2) is 53.9 Å². The van der Waals surface area contributed by atoms with Gasteiger partial charge in [-0.3, -0.25) is 14.9 Å². The highest BCUT2D eigenvalue weighted by molar-refractivity contribution is 7.14. The molecule has 3 aromatic rings. The molecule has 1 saturated heterocycles. The van der Waals surface area contributed by atoms with Crippen LogP contribution in [0.5, 0.6) is 0 Å². The number of rotatable bonds is 4. The Balaban J connectivity index is 1.38. The first-order valence-electron chi connectivity index (χ1n) is 9.32. The number of piperazine rings is 1. The van der Waals surface area contributed by atoms with Crippen LogP contribution in [-0.2, 0) is 0 Å². The number of carbonyl (C=O) groups is 1. The Hall–Kier alpha value is -3.26. The van der Waals surface area contributed by atoms with Crippen molar-refractivity contribution in [3.8, 4) is 11.3 Å². The zero-order valence-electron chi connectivity index (χ0n) is 15.9. The fraction of sp³-hybridized carbons (Fsp3) is 0.238. The zero-order chi connectivity index (χ0) is 20.4. The molecule has 7 nitrogen and oxygen atoms in total. The summed E-state index contributed by atoms with van der Waals surface area (Å²) in [5.74, 6) is -0.0981. The molecule has 148 valence electrons. The van der Waals surface area contributed by atoms with E-state index in [0.717, 1.165) is 16.4 Å². The average Bonchev–Trinajstić information content (AvgIpc) is 3.24. The molecule has 0 radical (unpaired) electrons. The third-order valence-corrected chi connectivity index (χ3v) is 5.90. The second-order valence-electron chi connectivity index (χ2n) is 6.96. The van der Waals surface area contributed by atoms with Crippen LogP contribution < -0.4 is 4.90 Å². The van der Waals surface area contributed by atoms with Crippen molar-refractivity contribution in [3.05, 3.63) is 75.2 Å². The van der Waals surface area contributed by atoms with Crippen molar-refractivity contribution >= 4 is 28.1 Å². The van der Waals surface area contributed by atoms with E-state index in [1.807, 2.05) is 0 Å². The first kappa shape index (κ1) is 19.1. The lowest BCUT2D eigenvalue weighted by Gasteiger charge is -2.34. The molecular weight excluding hydrogens is 388 g/mol. The number of thiazole rings is 1. The third-order valence-electron chi connectivity index (χ3n) is 5.00. The van der Waals surface area contributed by atoms with Gasteiger partial charge in [-0.15, -0.1) is 11.3 Å². The Labute approximate surface area is 172 Å². The number of nitrogens with zero attached hydrogens (tertiary/aromatic N) is 4. The fourth-order valence-corrected chi connectivity index (χ4v) is 4.16. The van der Waals surface area contributed by atoms with Gasteiger partial charge in [0.1, 0.15) is 0 Å². The maximum atomic E-state index is 12.7. The minimum atomic E-state index is -0.466. The lowest BCUT2D eigenvalue weighted by Crippen LogP contribution is -2.48. The number of nitro benzene ring substituents is 1. The summed E-state index contributed by atoms with van der Waals surface area (Å²) in [4.78, 5) is 31.7. The quantitative estimate of drug-likeness (QED) is 0.482. The normalized spacial score (nSPS) is 14.1. The molecule has 0 atom stereocenters. The summed E-state index contributed by atoms with van der Waals surface area (Å²) >= 11 is 1.61. The number of anilines is 1. The van der Waals surface area contributed by atoms with E-state index in [4.69, 9.17) is 4.98 Å². The molecule has 1 aliphatic heterocycles. The average molecular weight is 408 g/mol. The summed E-state index contributed by atoms with van der Waals surface area (Å²) in [6.45, 7) is 4.66. The minimum Gasteiger partial charge on any atom is -0.345 e. The molecular formula is C21H20N4O3S. The summed E-state index contributed by atoms with van der Waals surface area (Å²) in [5.41, 5.74) is 3.75. The molecule has 0 N–H and O–H groups in total. The Morgan fingerprint density at radius 1 is 1.03 bits per heavy atom. The predicted molar refractivity (Wildman–Crippen MR) is 113 cm³/mol. The van der Waals surface area contributed by atoms with Gasteiger partial charge in [0.2, 0.25) is 0 Å². The number of nitro groups is 1. The van der Waals surface area contributed by atoms with Gasteiger partial charge in [0.15, 0.2) is 5.13 Å². The third kappa shape index (κ3) is 4.12. The van der Waals surface area contributed by atoms with E-state index in [1.54, 1.807) is 16.2 Å². The van der Waals surface area contributed by atoms with Crippen LogP contribution in [0.2, 0.25) is 0 Å². The zero-order valence-corrected chi connectivity index (χ0v) is 16.8. The highest BCUT2D eigenvalue weighted by Gasteiger charge is 2.24. The standard InChI is InChI=1S/C21H20N4O3S/c1-15-2-4-16(5-3-15)19-14-29-21(22-19)24-12-10-23(11-13-24)20(26)17-6-8-18(9-7-17)25(27)28/h2-9,14H,10-13H2,1H3. The van der Waals surface area contributed by atoms with Gasteiger partial charge in [-0.25, -0.2) is 4.98 Å². The Bertz CT molecular complexity index is 1020. The Kier molecular flexibility index (Phi) is 5.26. The van der Waals surface area contributed by atoms with Gasteiger partial charge in [0.05, 0.1) is 10.6 Å². The molecule has 1 amide bonds. The smallest absolute Gasteiger partial charge is 0.269 e. The monoisotopic (exact) mass is 408 g/mol.